The highest BCUT2D eigenvalue weighted by molar-refractivity contribution is 6.29. The van der Waals surface area contributed by atoms with E-state index in [0.29, 0.717) is 34.3 Å². The van der Waals surface area contributed by atoms with Crippen molar-refractivity contribution in [2.75, 3.05) is 18.0 Å². The second kappa shape index (κ2) is 8.93. The van der Waals surface area contributed by atoms with Crippen molar-refractivity contribution in [1.29, 1.82) is 0 Å². The van der Waals surface area contributed by atoms with Gasteiger partial charge in [0.15, 0.2) is 0 Å². The molecule has 0 spiro atoms. The maximum absolute atomic E-state index is 13.8. The second-order valence-corrected chi connectivity index (χ2v) is 8.93. The number of pyridine rings is 1. The number of aromatic nitrogens is 1. The van der Waals surface area contributed by atoms with Crippen LogP contribution in [0.15, 0.2) is 72.8 Å². The summed E-state index contributed by atoms with van der Waals surface area (Å²) in [5.41, 5.74) is 1.59. The van der Waals surface area contributed by atoms with Gasteiger partial charge < -0.3 is 9.64 Å². The molecule has 5 nitrogen and oxygen atoms in total. The van der Waals surface area contributed by atoms with Gasteiger partial charge in [0, 0.05) is 23.4 Å². The number of hydrogen-bond acceptors (Lipinski definition) is 4. The van der Waals surface area contributed by atoms with Crippen molar-refractivity contribution in [2.45, 2.75) is 31.8 Å². The van der Waals surface area contributed by atoms with E-state index >= 15 is 0 Å². The van der Waals surface area contributed by atoms with Crippen LogP contribution in [0.4, 0.5) is 5.69 Å². The minimum absolute atomic E-state index is 0.0224. The summed E-state index contributed by atoms with van der Waals surface area (Å²) in [6.07, 6.45) is 2.29. The molecule has 6 rings (SSSR count). The van der Waals surface area contributed by atoms with E-state index < -0.39 is 0 Å². The van der Waals surface area contributed by atoms with E-state index in [1.807, 2.05) is 47.4 Å². The Labute approximate surface area is 193 Å². The highest BCUT2D eigenvalue weighted by Gasteiger charge is 2.44. The zero-order valence-electron chi connectivity index (χ0n) is 18.0. The number of benzene rings is 2. The molecule has 164 valence electrons. The molecule has 1 aromatic heterocycles. The monoisotopic (exact) mass is 447 g/mol. The summed E-state index contributed by atoms with van der Waals surface area (Å²) in [5.74, 6) is 1.58. The van der Waals surface area contributed by atoms with Crippen LogP contribution in [-0.2, 0) is 0 Å². The van der Waals surface area contributed by atoms with Crippen LogP contribution < -0.4 is 9.64 Å². The lowest BCUT2D eigenvalue weighted by molar-refractivity contribution is 0.0327. The van der Waals surface area contributed by atoms with E-state index in [9.17, 15) is 4.79 Å². The first kappa shape index (κ1) is 21.0. The number of fused-ring (bicyclic) bond motifs is 3. The summed E-state index contributed by atoms with van der Waals surface area (Å²) in [6.45, 7) is 4.51. The molecule has 0 saturated carbocycles. The molecule has 0 unspecified atom stereocenters. The molecular weight excluding hydrogens is 422 g/mol. The summed E-state index contributed by atoms with van der Waals surface area (Å²) in [5, 5.41) is 0.374. The standard InChI is InChI=1S/C26H26ClN3O2/c1-18-25(19-14-16-29(18)17-15-19)30(21-6-3-2-4-7-21)26(31)20-10-12-22(13-11-20)32-24-9-5-8-23(27)28-24/h2-13,18-19,25H,14-17H2,1H3/t18-,25-/m0/s1. The number of amides is 1. The zero-order valence-corrected chi connectivity index (χ0v) is 18.8. The Morgan fingerprint density at radius 3 is 2.38 bits per heavy atom. The Bertz CT molecular complexity index is 1080. The molecule has 1 amide bonds. The van der Waals surface area contributed by atoms with Gasteiger partial charge in [0.25, 0.3) is 5.91 Å². The van der Waals surface area contributed by atoms with Crippen molar-refractivity contribution in [2.24, 2.45) is 5.92 Å². The van der Waals surface area contributed by atoms with Crippen molar-refractivity contribution in [3.8, 4) is 11.6 Å². The van der Waals surface area contributed by atoms with Crippen LogP contribution >= 0.6 is 11.6 Å². The first-order valence-corrected chi connectivity index (χ1v) is 11.5. The van der Waals surface area contributed by atoms with E-state index in [1.165, 1.54) is 0 Å². The van der Waals surface area contributed by atoms with Crippen LogP contribution in [0.2, 0.25) is 5.15 Å². The predicted octanol–water partition coefficient (Wildman–Crippen LogP) is 5.66. The Kier molecular flexibility index (Phi) is 5.85. The van der Waals surface area contributed by atoms with Gasteiger partial charge in [-0.25, -0.2) is 4.98 Å². The van der Waals surface area contributed by atoms with Crippen LogP contribution in [0.25, 0.3) is 0 Å². The maximum atomic E-state index is 13.8. The number of rotatable bonds is 5. The Balaban J connectivity index is 1.43. The van der Waals surface area contributed by atoms with Gasteiger partial charge in [0.2, 0.25) is 5.88 Å². The minimum Gasteiger partial charge on any atom is -0.439 e. The van der Waals surface area contributed by atoms with Crippen molar-refractivity contribution in [3.63, 3.8) is 0 Å². The van der Waals surface area contributed by atoms with Crippen LogP contribution in [0, 0.1) is 5.92 Å². The van der Waals surface area contributed by atoms with Crippen LogP contribution in [0.3, 0.4) is 0 Å². The number of carbonyl (C=O) groups is 1. The first-order chi connectivity index (χ1) is 15.6. The highest BCUT2D eigenvalue weighted by Crippen LogP contribution is 2.38. The number of para-hydroxylation sites is 1. The molecule has 2 atom stereocenters. The van der Waals surface area contributed by atoms with Gasteiger partial charge in [-0.15, -0.1) is 0 Å². The third-order valence-electron chi connectivity index (χ3n) is 6.69. The number of halogens is 1. The smallest absolute Gasteiger partial charge is 0.258 e. The van der Waals surface area contributed by atoms with Gasteiger partial charge in [0.05, 0.1) is 6.04 Å². The molecule has 3 saturated heterocycles. The molecule has 4 heterocycles. The lowest BCUT2D eigenvalue weighted by atomic mass is 9.78. The lowest BCUT2D eigenvalue weighted by Crippen LogP contribution is -2.63. The Morgan fingerprint density at radius 2 is 1.72 bits per heavy atom. The third-order valence-corrected chi connectivity index (χ3v) is 6.90. The molecule has 0 radical (unpaired) electrons. The first-order valence-electron chi connectivity index (χ1n) is 11.1. The fourth-order valence-electron chi connectivity index (χ4n) is 5.09. The Morgan fingerprint density at radius 1 is 1.00 bits per heavy atom. The summed E-state index contributed by atoms with van der Waals surface area (Å²) < 4.78 is 5.79. The number of carbonyl (C=O) groups excluding carboxylic acids is 1. The van der Waals surface area contributed by atoms with Gasteiger partial charge in [-0.1, -0.05) is 35.9 Å². The maximum Gasteiger partial charge on any atom is 0.258 e. The highest BCUT2D eigenvalue weighted by atomic mass is 35.5. The van der Waals surface area contributed by atoms with Crippen LogP contribution in [-0.4, -0.2) is 41.0 Å². The molecule has 0 N–H and O–H groups in total. The van der Waals surface area contributed by atoms with E-state index in [4.69, 9.17) is 16.3 Å². The SMILES string of the molecule is C[C@H]1[C@H](N(C(=O)c2ccc(Oc3cccc(Cl)n3)cc2)c2ccccc2)C2CCN1CC2. The second-order valence-electron chi connectivity index (χ2n) is 8.54. The molecule has 3 aliphatic heterocycles. The lowest BCUT2D eigenvalue weighted by Gasteiger charge is -2.53. The van der Waals surface area contributed by atoms with Crippen molar-refractivity contribution in [1.82, 2.24) is 9.88 Å². The third kappa shape index (κ3) is 4.10. The molecule has 3 aliphatic rings. The topological polar surface area (TPSA) is 45.7 Å². The quantitative estimate of drug-likeness (QED) is 0.473. The molecule has 6 heteroatoms. The van der Waals surface area contributed by atoms with E-state index in [2.05, 4.69) is 16.8 Å². The van der Waals surface area contributed by atoms with Crippen molar-refractivity contribution < 1.29 is 9.53 Å². The molecule has 0 aliphatic carbocycles. The number of ether oxygens (including phenoxy) is 1. The number of nitrogens with zero attached hydrogens (tertiary/aromatic N) is 3. The summed E-state index contributed by atoms with van der Waals surface area (Å²) >= 11 is 5.94. The van der Waals surface area contributed by atoms with Gasteiger partial charge >= 0.3 is 0 Å². The normalized spacial score (nSPS) is 24.2. The Hall–Kier alpha value is -2.89. The predicted molar refractivity (Wildman–Crippen MR) is 127 cm³/mol. The fraction of sp³-hybridized carbons (Fsp3) is 0.308. The number of piperidine rings is 3. The average Bonchev–Trinajstić information content (AvgIpc) is 2.82. The minimum atomic E-state index is 0.0224. The molecule has 3 fully saturated rings. The molecule has 2 bridgehead atoms. The zero-order chi connectivity index (χ0) is 22.1. The number of anilines is 1. The number of hydrogen-bond donors (Lipinski definition) is 0. The summed E-state index contributed by atoms with van der Waals surface area (Å²) in [4.78, 5) is 22.5. The van der Waals surface area contributed by atoms with Gasteiger partial charge in [-0.3, -0.25) is 9.69 Å². The van der Waals surface area contributed by atoms with E-state index in [1.54, 1.807) is 30.3 Å². The van der Waals surface area contributed by atoms with Crippen molar-refractivity contribution in [3.05, 3.63) is 83.5 Å². The van der Waals surface area contributed by atoms with Crippen LogP contribution in [0.5, 0.6) is 11.6 Å². The van der Waals surface area contributed by atoms with Crippen molar-refractivity contribution >= 4 is 23.2 Å². The molecule has 32 heavy (non-hydrogen) atoms. The van der Waals surface area contributed by atoms with Gasteiger partial charge in [-0.2, -0.15) is 0 Å². The summed E-state index contributed by atoms with van der Waals surface area (Å²) in [7, 11) is 0. The average molecular weight is 448 g/mol. The summed E-state index contributed by atoms with van der Waals surface area (Å²) in [6, 6.07) is 23.0. The fourth-order valence-corrected chi connectivity index (χ4v) is 5.25. The van der Waals surface area contributed by atoms with Crippen LogP contribution in [0.1, 0.15) is 30.1 Å². The van der Waals surface area contributed by atoms with Gasteiger partial charge in [-0.05, 0) is 81.2 Å². The molecule has 3 aromatic rings. The molecule has 2 aromatic carbocycles. The van der Waals surface area contributed by atoms with E-state index in [-0.39, 0.29) is 11.9 Å². The largest absolute Gasteiger partial charge is 0.439 e. The van der Waals surface area contributed by atoms with E-state index in [0.717, 1.165) is 31.6 Å². The van der Waals surface area contributed by atoms with Gasteiger partial charge in [0.1, 0.15) is 10.9 Å². The molecular formula is C26H26ClN3O2.